The van der Waals surface area contributed by atoms with Crippen LogP contribution in [0.25, 0.3) is 0 Å². The zero-order valence-electron chi connectivity index (χ0n) is 16.7. The Labute approximate surface area is 178 Å². The van der Waals surface area contributed by atoms with Crippen LogP contribution in [0.5, 0.6) is 5.75 Å². The van der Waals surface area contributed by atoms with Gasteiger partial charge in [0, 0.05) is 19.2 Å². The van der Waals surface area contributed by atoms with Gasteiger partial charge < -0.3 is 14.8 Å². The molecule has 1 aliphatic heterocycles. The molecule has 30 heavy (non-hydrogen) atoms. The molecule has 0 aliphatic carbocycles. The second-order valence-corrected chi connectivity index (χ2v) is 7.58. The van der Waals surface area contributed by atoms with Crippen molar-refractivity contribution in [3.8, 4) is 5.75 Å². The maximum atomic E-state index is 12.7. The van der Waals surface area contributed by atoms with E-state index in [1.165, 1.54) is 23.8 Å². The first-order valence-electron chi connectivity index (χ1n) is 9.06. The fourth-order valence-corrected chi connectivity index (χ4v) is 3.76. The number of amides is 2. The third-order valence-corrected chi connectivity index (χ3v) is 5.67. The van der Waals surface area contributed by atoms with Crippen molar-refractivity contribution in [1.29, 1.82) is 0 Å². The first kappa shape index (κ1) is 21.4. The van der Waals surface area contributed by atoms with Crippen LogP contribution in [-0.2, 0) is 14.3 Å². The van der Waals surface area contributed by atoms with Crippen LogP contribution in [0.4, 0.5) is 11.4 Å². The summed E-state index contributed by atoms with van der Waals surface area (Å²) in [5, 5.41) is 2.60. The van der Waals surface area contributed by atoms with Gasteiger partial charge in [0.25, 0.3) is 0 Å². The SMILES string of the molecule is COC(=O)c1ccc(NC(=O)C2CC(=O)N(C)C(=Nc3ccc(OC)cc3)S2)cc1. The van der Waals surface area contributed by atoms with Crippen LogP contribution < -0.4 is 10.1 Å². The van der Waals surface area contributed by atoms with E-state index in [1.54, 1.807) is 62.7 Å². The number of carbonyl (C=O) groups excluding carboxylic acids is 3. The minimum Gasteiger partial charge on any atom is -0.497 e. The van der Waals surface area contributed by atoms with Crippen molar-refractivity contribution in [3.05, 3.63) is 54.1 Å². The van der Waals surface area contributed by atoms with Crippen molar-refractivity contribution in [1.82, 2.24) is 4.90 Å². The maximum absolute atomic E-state index is 12.7. The minimum atomic E-state index is -0.619. The van der Waals surface area contributed by atoms with Gasteiger partial charge in [0.1, 0.15) is 11.0 Å². The summed E-state index contributed by atoms with van der Waals surface area (Å²) < 4.78 is 9.79. The molecule has 1 atom stereocenters. The highest BCUT2D eigenvalue weighted by Gasteiger charge is 2.34. The number of carbonyl (C=O) groups is 3. The lowest BCUT2D eigenvalue weighted by Crippen LogP contribution is -2.43. The molecule has 0 bridgehead atoms. The Kier molecular flexibility index (Phi) is 6.73. The van der Waals surface area contributed by atoms with Gasteiger partial charge in [0.15, 0.2) is 5.17 Å². The molecule has 1 unspecified atom stereocenters. The molecule has 3 rings (SSSR count). The van der Waals surface area contributed by atoms with Crippen molar-refractivity contribution in [3.63, 3.8) is 0 Å². The number of nitrogens with zero attached hydrogens (tertiary/aromatic N) is 2. The molecule has 2 amide bonds. The van der Waals surface area contributed by atoms with E-state index in [0.29, 0.717) is 27.9 Å². The summed E-state index contributed by atoms with van der Waals surface area (Å²) >= 11 is 1.22. The second-order valence-electron chi connectivity index (χ2n) is 6.41. The van der Waals surface area contributed by atoms with E-state index >= 15 is 0 Å². The fourth-order valence-electron chi connectivity index (χ4n) is 2.70. The van der Waals surface area contributed by atoms with Crippen LogP contribution in [0.15, 0.2) is 53.5 Å². The highest BCUT2D eigenvalue weighted by Crippen LogP contribution is 2.29. The standard InChI is InChI=1S/C21H21N3O5S/c1-24-18(25)12-17(30-21(24)23-15-8-10-16(28-2)11-9-15)19(26)22-14-6-4-13(5-7-14)20(27)29-3/h4-11,17H,12H2,1-3H3,(H,22,26). The van der Waals surface area contributed by atoms with E-state index in [1.807, 2.05) is 0 Å². The van der Waals surface area contributed by atoms with E-state index in [4.69, 9.17) is 4.74 Å². The molecule has 1 aliphatic rings. The molecule has 1 heterocycles. The number of amidine groups is 1. The van der Waals surface area contributed by atoms with Crippen LogP contribution >= 0.6 is 11.8 Å². The Morgan fingerprint density at radius 1 is 1.10 bits per heavy atom. The van der Waals surface area contributed by atoms with Crippen LogP contribution in [0, 0.1) is 0 Å². The number of thioether (sulfide) groups is 1. The highest BCUT2D eigenvalue weighted by atomic mass is 32.2. The molecule has 8 nitrogen and oxygen atoms in total. The third kappa shape index (κ3) is 4.98. The number of anilines is 1. The molecule has 1 saturated heterocycles. The van der Waals surface area contributed by atoms with Crippen LogP contribution in [0.2, 0.25) is 0 Å². The summed E-state index contributed by atoms with van der Waals surface area (Å²) in [7, 11) is 4.52. The van der Waals surface area contributed by atoms with E-state index in [9.17, 15) is 14.4 Å². The molecule has 0 aromatic heterocycles. The van der Waals surface area contributed by atoms with Gasteiger partial charge in [-0.25, -0.2) is 9.79 Å². The van der Waals surface area contributed by atoms with Crippen LogP contribution in [0.3, 0.4) is 0 Å². The van der Waals surface area contributed by atoms with Crippen molar-refractivity contribution >= 4 is 46.1 Å². The van der Waals surface area contributed by atoms with Crippen molar-refractivity contribution in [2.45, 2.75) is 11.7 Å². The normalized spacial score (nSPS) is 17.6. The topological polar surface area (TPSA) is 97.3 Å². The number of esters is 1. The highest BCUT2D eigenvalue weighted by molar-refractivity contribution is 8.15. The molecule has 0 saturated carbocycles. The number of rotatable bonds is 5. The smallest absolute Gasteiger partial charge is 0.337 e. The lowest BCUT2D eigenvalue weighted by atomic mass is 10.2. The maximum Gasteiger partial charge on any atom is 0.337 e. The zero-order valence-corrected chi connectivity index (χ0v) is 17.6. The summed E-state index contributed by atoms with van der Waals surface area (Å²) in [6, 6.07) is 13.4. The molecular formula is C21H21N3O5S. The van der Waals surface area contributed by atoms with Gasteiger partial charge in [-0.2, -0.15) is 0 Å². The quantitative estimate of drug-likeness (QED) is 0.737. The molecule has 0 spiro atoms. The Balaban J connectivity index is 1.72. The molecule has 1 N–H and O–H groups in total. The van der Waals surface area contributed by atoms with Crippen molar-refractivity contribution in [2.75, 3.05) is 26.6 Å². The number of ether oxygens (including phenoxy) is 2. The number of nitrogens with one attached hydrogen (secondary N) is 1. The average Bonchev–Trinajstić information content (AvgIpc) is 2.77. The van der Waals surface area contributed by atoms with E-state index in [2.05, 4.69) is 15.0 Å². The van der Waals surface area contributed by atoms with Crippen molar-refractivity contribution in [2.24, 2.45) is 4.99 Å². The first-order chi connectivity index (χ1) is 14.4. The van der Waals surface area contributed by atoms with Gasteiger partial charge in [0.05, 0.1) is 25.5 Å². The van der Waals surface area contributed by atoms with Crippen molar-refractivity contribution < 1.29 is 23.9 Å². The van der Waals surface area contributed by atoms with Gasteiger partial charge in [-0.15, -0.1) is 0 Å². The summed E-state index contributed by atoms with van der Waals surface area (Å²) in [5.74, 6) is -0.254. The molecule has 9 heteroatoms. The monoisotopic (exact) mass is 427 g/mol. The molecule has 156 valence electrons. The van der Waals surface area contributed by atoms with Gasteiger partial charge in [-0.3, -0.25) is 14.5 Å². The summed E-state index contributed by atoms with van der Waals surface area (Å²) in [5.41, 5.74) is 1.55. The predicted octanol–water partition coefficient (Wildman–Crippen LogP) is 3.07. The van der Waals surface area contributed by atoms with Crippen LogP contribution in [-0.4, -0.2) is 54.4 Å². The predicted molar refractivity (Wildman–Crippen MR) is 115 cm³/mol. The number of methoxy groups -OCH3 is 2. The minimum absolute atomic E-state index is 0.0644. The molecule has 2 aromatic carbocycles. The Bertz CT molecular complexity index is 973. The third-order valence-electron chi connectivity index (χ3n) is 4.43. The Hall–Kier alpha value is -3.33. The fraction of sp³-hybridized carbons (Fsp3) is 0.238. The van der Waals surface area contributed by atoms with Crippen LogP contribution in [0.1, 0.15) is 16.8 Å². The molecule has 2 aromatic rings. The van der Waals surface area contributed by atoms with Gasteiger partial charge in [0.2, 0.25) is 11.8 Å². The first-order valence-corrected chi connectivity index (χ1v) is 9.94. The van der Waals surface area contributed by atoms with Gasteiger partial charge in [-0.1, -0.05) is 11.8 Å². The summed E-state index contributed by atoms with van der Waals surface area (Å²) in [6.07, 6.45) is 0.0644. The van der Waals surface area contributed by atoms with E-state index in [-0.39, 0.29) is 18.2 Å². The molecular weight excluding hydrogens is 406 g/mol. The largest absolute Gasteiger partial charge is 0.497 e. The Morgan fingerprint density at radius 3 is 2.37 bits per heavy atom. The molecule has 1 fully saturated rings. The molecule has 0 radical (unpaired) electrons. The van der Waals surface area contributed by atoms with Gasteiger partial charge in [-0.05, 0) is 48.5 Å². The van der Waals surface area contributed by atoms with E-state index < -0.39 is 11.2 Å². The summed E-state index contributed by atoms with van der Waals surface area (Å²) in [4.78, 5) is 42.6. The number of hydrogen-bond acceptors (Lipinski definition) is 7. The average molecular weight is 427 g/mol. The number of benzene rings is 2. The van der Waals surface area contributed by atoms with Gasteiger partial charge >= 0.3 is 5.97 Å². The second kappa shape index (κ2) is 9.45. The number of hydrogen-bond donors (Lipinski definition) is 1. The summed E-state index contributed by atoms with van der Waals surface area (Å²) in [6.45, 7) is 0. The Morgan fingerprint density at radius 2 is 1.77 bits per heavy atom. The lowest BCUT2D eigenvalue weighted by molar-refractivity contribution is -0.128. The lowest BCUT2D eigenvalue weighted by Gasteiger charge is -2.28. The van der Waals surface area contributed by atoms with E-state index in [0.717, 1.165) is 0 Å². The zero-order chi connectivity index (χ0) is 21.7. The number of aliphatic imine (C=N–C) groups is 1.